The normalized spacial score (nSPS) is 10.5. The molecule has 4 aromatic rings. The lowest BCUT2D eigenvalue weighted by atomic mass is 9.97. The highest BCUT2D eigenvalue weighted by Gasteiger charge is 2.12. The molecule has 0 aliphatic rings. The van der Waals surface area contributed by atoms with Gasteiger partial charge in [-0.25, -0.2) is 4.68 Å². The highest BCUT2D eigenvalue weighted by atomic mass is 16.5. The maximum absolute atomic E-state index is 10.2. The predicted molar refractivity (Wildman–Crippen MR) is 136 cm³/mol. The van der Waals surface area contributed by atoms with E-state index in [9.17, 15) is 5.11 Å². The lowest BCUT2D eigenvalue weighted by molar-refractivity contribution is 0.302. The Balaban J connectivity index is 1.53. The maximum Gasteiger partial charge on any atom is 0.134 e. The minimum atomic E-state index is 0.247. The molecule has 0 aliphatic carbocycles. The molecule has 3 aromatic carbocycles. The van der Waals surface area contributed by atoms with Gasteiger partial charge in [0, 0.05) is 5.56 Å². The van der Waals surface area contributed by atoms with Gasteiger partial charge in [-0.05, 0) is 71.5 Å². The monoisotopic (exact) mass is 462 g/mol. The molecule has 0 amide bonds. The standard InChI is InChI=1S/C29H26N4O2/c1-3-5-21-11-14-29(27(15-21)24-12-13-28(34)25(16-24)6-4-2)35-20-26-19-33(32-31-26)18-23-9-7-22(17-30)8-10-23/h3-4,7-16,19,34H,1-2,5-6,18,20H2. The molecule has 6 heteroatoms. The van der Waals surface area contributed by atoms with Crippen molar-refractivity contribution in [2.75, 3.05) is 0 Å². The molecule has 0 fully saturated rings. The van der Waals surface area contributed by atoms with Gasteiger partial charge in [0.2, 0.25) is 0 Å². The summed E-state index contributed by atoms with van der Waals surface area (Å²) in [7, 11) is 0. The number of ether oxygens (including phenoxy) is 1. The summed E-state index contributed by atoms with van der Waals surface area (Å²) in [4.78, 5) is 0. The zero-order valence-corrected chi connectivity index (χ0v) is 19.4. The van der Waals surface area contributed by atoms with E-state index in [4.69, 9.17) is 10.00 Å². The van der Waals surface area contributed by atoms with Crippen LogP contribution in [-0.2, 0) is 26.0 Å². The second-order valence-corrected chi connectivity index (χ2v) is 8.16. The van der Waals surface area contributed by atoms with E-state index in [2.05, 4.69) is 35.6 Å². The van der Waals surface area contributed by atoms with Crippen LogP contribution in [0.1, 0.15) is 27.9 Å². The lowest BCUT2D eigenvalue weighted by Gasteiger charge is -2.14. The van der Waals surface area contributed by atoms with Crippen molar-refractivity contribution in [1.82, 2.24) is 15.0 Å². The molecule has 35 heavy (non-hydrogen) atoms. The van der Waals surface area contributed by atoms with Gasteiger partial charge in [0.15, 0.2) is 0 Å². The number of hydrogen-bond donors (Lipinski definition) is 1. The van der Waals surface area contributed by atoms with E-state index in [1.54, 1.807) is 29.0 Å². The van der Waals surface area contributed by atoms with Crippen LogP contribution < -0.4 is 4.74 Å². The number of allylic oxidation sites excluding steroid dienone is 2. The molecular weight excluding hydrogens is 436 g/mol. The number of nitriles is 1. The third-order valence-electron chi connectivity index (χ3n) is 5.57. The molecule has 0 radical (unpaired) electrons. The van der Waals surface area contributed by atoms with Gasteiger partial charge in [-0.1, -0.05) is 41.6 Å². The first-order valence-corrected chi connectivity index (χ1v) is 11.3. The number of nitrogens with zero attached hydrogens (tertiary/aromatic N) is 4. The van der Waals surface area contributed by atoms with Crippen LogP contribution in [0.5, 0.6) is 11.5 Å². The first-order valence-electron chi connectivity index (χ1n) is 11.3. The van der Waals surface area contributed by atoms with Gasteiger partial charge in [-0.15, -0.1) is 18.3 Å². The number of phenols is 1. The summed E-state index contributed by atoms with van der Waals surface area (Å²) in [5.74, 6) is 0.965. The Labute approximate surface area is 205 Å². The molecule has 174 valence electrons. The van der Waals surface area contributed by atoms with Crippen molar-refractivity contribution in [3.8, 4) is 28.7 Å². The number of rotatable bonds is 10. The van der Waals surface area contributed by atoms with Crippen LogP contribution in [0.4, 0.5) is 0 Å². The lowest BCUT2D eigenvalue weighted by Crippen LogP contribution is -2.00. The Hall–Kier alpha value is -4.63. The number of hydrogen-bond acceptors (Lipinski definition) is 5. The van der Waals surface area contributed by atoms with E-state index in [0.29, 0.717) is 24.2 Å². The summed E-state index contributed by atoms with van der Waals surface area (Å²) in [5, 5.41) is 27.6. The summed E-state index contributed by atoms with van der Waals surface area (Å²) in [6.07, 6.45) is 6.81. The van der Waals surface area contributed by atoms with Crippen LogP contribution in [0.2, 0.25) is 0 Å². The fraction of sp³-hybridized carbons (Fsp3) is 0.138. The molecule has 0 spiro atoms. The number of benzene rings is 3. The van der Waals surface area contributed by atoms with Crippen molar-refractivity contribution in [2.45, 2.75) is 26.0 Å². The Morgan fingerprint density at radius 2 is 1.74 bits per heavy atom. The highest BCUT2D eigenvalue weighted by Crippen LogP contribution is 2.34. The molecule has 0 unspecified atom stereocenters. The van der Waals surface area contributed by atoms with Gasteiger partial charge in [0.05, 0.1) is 24.4 Å². The van der Waals surface area contributed by atoms with Gasteiger partial charge in [-0.3, -0.25) is 0 Å². The maximum atomic E-state index is 10.2. The van der Waals surface area contributed by atoms with Crippen LogP contribution in [0, 0.1) is 11.3 Å². The first-order chi connectivity index (χ1) is 17.1. The van der Waals surface area contributed by atoms with Gasteiger partial charge in [0.1, 0.15) is 23.8 Å². The average Bonchev–Trinajstić information content (AvgIpc) is 3.32. The van der Waals surface area contributed by atoms with Crippen molar-refractivity contribution in [3.63, 3.8) is 0 Å². The SMILES string of the molecule is C=CCc1ccc(OCc2cn(Cc3ccc(C#N)cc3)nn2)c(-c2ccc(O)c(CC=C)c2)c1. The summed E-state index contributed by atoms with van der Waals surface area (Å²) < 4.78 is 7.92. The molecule has 0 atom stereocenters. The molecule has 1 heterocycles. The fourth-order valence-corrected chi connectivity index (χ4v) is 3.80. The van der Waals surface area contributed by atoms with Crippen LogP contribution in [-0.4, -0.2) is 20.1 Å². The van der Waals surface area contributed by atoms with E-state index in [1.165, 1.54) is 0 Å². The molecular formula is C29H26N4O2. The van der Waals surface area contributed by atoms with Gasteiger partial charge < -0.3 is 9.84 Å². The van der Waals surface area contributed by atoms with Gasteiger partial charge in [0.25, 0.3) is 0 Å². The Bertz CT molecular complexity index is 1380. The van der Waals surface area contributed by atoms with E-state index in [0.717, 1.165) is 40.0 Å². The Morgan fingerprint density at radius 3 is 2.49 bits per heavy atom. The molecule has 6 nitrogen and oxygen atoms in total. The topological polar surface area (TPSA) is 84.0 Å². The van der Waals surface area contributed by atoms with Crippen molar-refractivity contribution in [2.24, 2.45) is 0 Å². The van der Waals surface area contributed by atoms with Crippen LogP contribution in [0.25, 0.3) is 11.1 Å². The van der Waals surface area contributed by atoms with Crippen LogP contribution in [0.3, 0.4) is 0 Å². The quantitative estimate of drug-likeness (QED) is 0.310. The molecule has 0 saturated heterocycles. The fourth-order valence-electron chi connectivity index (χ4n) is 3.80. The van der Waals surface area contributed by atoms with E-state index < -0.39 is 0 Å². The summed E-state index contributed by atoms with van der Waals surface area (Å²) in [6, 6.07) is 21.1. The number of phenolic OH excluding ortho intramolecular Hbond substituents is 1. The molecule has 0 saturated carbocycles. The average molecular weight is 463 g/mol. The second-order valence-electron chi connectivity index (χ2n) is 8.16. The van der Waals surface area contributed by atoms with Crippen molar-refractivity contribution < 1.29 is 9.84 Å². The van der Waals surface area contributed by atoms with Crippen molar-refractivity contribution >= 4 is 0 Å². The second kappa shape index (κ2) is 11.0. The minimum absolute atomic E-state index is 0.247. The summed E-state index contributed by atoms with van der Waals surface area (Å²) in [6.45, 7) is 8.44. The van der Waals surface area contributed by atoms with E-state index in [1.807, 2.05) is 48.7 Å². The molecule has 1 aromatic heterocycles. The first kappa shape index (κ1) is 23.5. The zero-order valence-electron chi connectivity index (χ0n) is 19.4. The largest absolute Gasteiger partial charge is 0.508 e. The van der Waals surface area contributed by atoms with Crippen LogP contribution in [0.15, 0.2) is 92.2 Å². The summed E-state index contributed by atoms with van der Waals surface area (Å²) in [5.41, 5.74) is 6.17. The predicted octanol–water partition coefficient (Wildman–Crippen LogP) is 5.61. The molecule has 1 N–H and O–H groups in total. The number of aromatic nitrogens is 3. The highest BCUT2D eigenvalue weighted by molar-refractivity contribution is 5.73. The molecule has 0 bridgehead atoms. The van der Waals surface area contributed by atoms with Crippen LogP contribution >= 0.6 is 0 Å². The summed E-state index contributed by atoms with van der Waals surface area (Å²) >= 11 is 0. The smallest absolute Gasteiger partial charge is 0.134 e. The third-order valence-corrected chi connectivity index (χ3v) is 5.57. The van der Waals surface area contributed by atoms with Crippen molar-refractivity contribution in [3.05, 3.63) is 120 Å². The Kier molecular flexibility index (Phi) is 7.39. The third kappa shape index (κ3) is 5.84. The number of aromatic hydroxyl groups is 1. The van der Waals surface area contributed by atoms with Gasteiger partial charge in [-0.2, -0.15) is 5.26 Å². The zero-order chi connectivity index (χ0) is 24.6. The Morgan fingerprint density at radius 1 is 0.971 bits per heavy atom. The van der Waals surface area contributed by atoms with E-state index in [-0.39, 0.29) is 12.4 Å². The van der Waals surface area contributed by atoms with E-state index >= 15 is 0 Å². The van der Waals surface area contributed by atoms with Gasteiger partial charge >= 0.3 is 0 Å². The molecule has 4 rings (SSSR count). The molecule has 0 aliphatic heterocycles. The minimum Gasteiger partial charge on any atom is -0.508 e. The van der Waals surface area contributed by atoms with Crippen molar-refractivity contribution in [1.29, 1.82) is 5.26 Å².